The van der Waals surface area contributed by atoms with Gasteiger partial charge in [-0.15, -0.1) is 0 Å². The first kappa shape index (κ1) is 20.9. The van der Waals surface area contributed by atoms with E-state index >= 15 is 0 Å². The number of nitrogens with zero attached hydrogens (tertiary/aromatic N) is 2. The second kappa shape index (κ2) is 8.29. The fourth-order valence-corrected chi connectivity index (χ4v) is 4.47. The van der Waals surface area contributed by atoms with Crippen LogP contribution in [0, 0.1) is 11.6 Å². The zero-order valence-electron chi connectivity index (χ0n) is 15.5. The first-order chi connectivity index (χ1) is 13.7. The van der Waals surface area contributed by atoms with Crippen LogP contribution in [0.2, 0.25) is 0 Å². The van der Waals surface area contributed by atoms with E-state index in [0.717, 1.165) is 16.4 Å². The number of benzene rings is 1. The predicted molar refractivity (Wildman–Crippen MR) is 97.3 cm³/mol. The van der Waals surface area contributed by atoms with Crippen LogP contribution in [0.25, 0.3) is 0 Å². The van der Waals surface area contributed by atoms with Crippen molar-refractivity contribution in [1.29, 1.82) is 0 Å². The van der Waals surface area contributed by atoms with E-state index in [1.54, 1.807) is 6.07 Å². The molecule has 0 radical (unpaired) electrons. The van der Waals surface area contributed by atoms with E-state index in [0.29, 0.717) is 6.07 Å². The Bertz CT molecular complexity index is 1000. The predicted octanol–water partition coefficient (Wildman–Crippen LogP) is 1.21. The van der Waals surface area contributed by atoms with Crippen molar-refractivity contribution < 1.29 is 31.2 Å². The first-order valence-corrected chi connectivity index (χ1v) is 10.2. The molecule has 1 saturated heterocycles. The van der Waals surface area contributed by atoms with Crippen molar-refractivity contribution in [2.24, 2.45) is 0 Å². The summed E-state index contributed by atoms with van der Waals surface area (Å²) < 4.78 is 58.4. The van der Waals surface area contributed by atoms with Gasteiger partial charge in [0.1, 0.15) is 22.6 Å². The molecule has 0 spiro atoms. The zero-order chi connectivity index (χ0) is 21.2. The van der Waals surface area contributed by atoms with Crippen LogP contribution < -0.4 is 5.32 Å². The minimum Gasteiger partial charge on any atom is -0.459 e. The number of piperazine rings is 1. The third-order valence-electron chi connectivity index (χ3n) is 4.52. The number of sulfonamides is 1. The molecular formula is C18H19F2N3O5S. The topological polar surface area (TPSA) is 99.9 Å². The van der Waals surface area contributed by atoms with Gasteiger partial charge in [-0.1, -0.05) is 0 Å². The van der Waals surface area contributed by atoms with Crippen molar-refractivity contribution in [3.63, 3.8) is 0 Å². The highest BCUT2D eigenvalue weighted by Crippen LogP contribution is 2.22. The molecule has 1 atom stereocenters. The summed E-state index contributed by atoms with van der Waals surface area (Å²) in [6, 6.07) is 4.38. The fourth-order valence-electron chi connectivity index (χ4n) is 2.97. The SMILES string of the molecule is C[C@H](NC(=O)c1ccco1)C(=O)N1CCN(S(=O)(=O)c2cc(F)ccc2F)CC1. The summed E-state index contributed by atoms with van der Waals surface area (Å²) in [4.78, 5) is 25.2. The van der Waals surface area contributed by atoms with E-state index in [2.05, 4.69) is 5.32 Å². The van der Waals surface area contributed by atoms with Crippen LogP contribution in [-0.2, 0) is 14.8 Å². The lowest BCUT2D eigenvalue weighted by Gasteiger charge is -2.35. The maximum absolute atomic E-state index is 13.9. The molecule has 0 saturated carbocycles. The molecule has 11 heteroatoms. The minimum absolute atomic E-state index is 0.0515. The van der Waals surface area contributed by atoms with E-state index in [4.69, 9.17) is 4.42 Å². The molecule has 1 N–H and O–H groups in total. The van der Waals surface area contributed by atoms with Gasteiger partial charge in [0.15, 0.2) is 5.76 Å². The first-order valence-electron chi connectivity index (χ1n) is 8.78. The van der Waals surface area contributed by atoms with Crippen molar-refractivity contribution in [3.05, 3.63) is 54.0 Å². The Labute approximate surface area is 166 Å². The highest BCUT2D eigenvalue weighted by Gasteiger charge is 2.33. The van der Waals surface area contributed by atoms with Crippen molar-refractivity contribution in [2.45, 2.75) is 17.9 Å². The van der Waals surface area contributed by atoms with Crippen molar-refractivity contribution in [2.75, 3.05) is 26.2 Å². The van der Waals surface area contributed by atoms with Gasteiger partial charge < -0.3 is 14.6 Å². The molecule has 8 nitrogen and oxygen atoms in total. The van der Waals surface area contributed by atoms with Gasteiger partial charge in [-0.05, 0) is 37.3 Å². The average molecular weight is 427 g/mol. The molecule has 0 bridgehead atoms. The molecule has 0 unspecified atom stereocenters. The number of carbonyl (C=O) groups excluding carboxylic acids is 2. The highest BCUT2D eigenvalue weighted by atomic mass is 32.2. The molecule has 0 aliphatic carbocycles. The maximum Gasteiger partial charge on any atom is 0.287 e. The quantitative estimate of drug-likeness (QED) is 0.773. The molecule has 1 aliphatic rings. The summed E-state index contributed by atoms with van der Waals surface area (Å²) in [6.07, 6.45) is 1.34. The Kier molecular flexibility index (Phi) is 5.99. The summed E-state index contributed by atoms with van der Waals surface area (Å²) in [5.74, 6) is -2.77. The van der Waals surface area contributed by atoms with Crippen LogP contribution in [0.4, 0.5) is 8.78 Å². The van der Waals surface area contributed by atoms with Crippen LogP contribution in [0.15, 0.2) is 45.9 Å². The van der Waals surface area contributed by atoms with E-state index in [9.17, 15) is 26.8 Å². The number of hydrogen-bond acceptors (Lipinski definition) is 5. The number of hydrogen-bond donors (Lipinski definition) is 1. The fraction of sp³-hybridized carbons (Fsp3) is 0.333. The van der Waals surface area contributed by atoms with Gasteiger partial charge in [-0.25, -0.2) is 17.2 Å². The molecule has 29 heavy (non-hydrogen) atoms. The smallest absolute Gasteiger partial charge is 0.287 e. The van der Waals surface area contributed by atoms with Crippen molar-refractivity contribution in [3.8, 4) is 0 Å². The Hall–Kier alpha value is -2.79. The molecule has 1 aromatic heterocycles. The molecular weight excluding hydrogens is 408 g/mol. The lowest BCUT2D eigenvalue weighted by molar-refractivity contribution is -0.134. The summed E-state index contributed by atoms with van der Waals surface area (Å²) in [6.45, 7) is 1.45. The number of nitrogens with one attached hydrogen (secondary N) is 1. The molecule has 2 aromatic rings. The maximum atomic E-state index is 13.9. The summed E-state index contributed by atoms with van der Waals surface area (Å²) in [5.41, 5.74) is 0. The van der Waals surface area contributed by atoms with Gasteiger partial charge in [0.25, 0.3) is 5.91 Å². The Morgan fingerprint density at radius 2 is 1.83 bits per heavy atom. The highest BCUT2D eigenvalue weighted by molar-refractivity contribution is 7.89. The Morgan fingerprint density at radius 3 is 2.45 bits per heavy atom. The average Bonchev–Trinajstić information content (AvgIpc) is 3.24. The van der Waals surface area contributed by atoms with Gasteiger partial charge >= 0.3 is 0 Å². The lowest BCUT2D eigenvalue weighted by atomic mass is 10.2. The molecule has 2 amide bonds. The van der Waals surface area contributed by atoms with Crippen LogP contribution in [-0.4, -0.2) is 61.7 Å². The van der Waals surface area contributed by atoms with Gasteiger partial charge in [0.2, 0.25) is 15.9 Å². The number of halogens is 2. The standard InChI is InChI=1S/C18H19F2N3O5S/c1-12(21-17(24)15-3-2-10-28-15)18(25)22-6-8-23(9-7-22)29(26,27)16-11-13(19)4-5-14(16)20/h2-5,10-12H,6-9H2,1H3,(H,21,24)/t12-/m0/s1. The summed E-state index contributed by atoms with van der Waals surface area (Å²) in [7, 11) is -4.23. The van der Waals surface area contributed by atoms with E-state index in [-0.39, 0.29) is 37.8 Å². The van der Waals surface area contributed by atoms with Crippen LogP contribution in [0.5, 0.6) is 0 Å². The van der Waals surface area contributed by atoms with Gasteiger partial charge in [0, 0.05) is 26.2 Å². The molecule has 156 valence electrons. The van der Waals surface area contributed by atoms with Crippen molar-refractivity contribution >= 4 is 21.8 Å². The van der Waals surface area contributed by atoms with Gasteiger partial charge in [-0.3, -0.25) is 9.59 Å². The zero-order valence-corrected chi connectivity index (χ0v) is 16.3. The Morgan fingerprint density at radius 1 is 1.14 bits per heavy atom. The number of amides is 2. The second-order valence-electron chi connectivity index (χ2n) is 6.48. The Balaban J connectivity index is 1.61. The molecule has 2 heterocycles. The van der Waals surface area contributed by atoms with Crippen molar-refractivity contribution in [1.82, 2.24) is 14.5 Å². The van der Waals surface area contributed by atoms with E-state index in [1.165, 1.54) is 24.2 Å². The number of carbonyl (C=O) groups is 2. The van der Waals surface area contributed by atoms with Crippen LogP contribution in [0.3, 0.4) is 0 Å². The second-order valence-corrected chi connectivity index (χ2v) is 8.38. The lowest BCUT2D eigenvalue weighted by Crippen LogP contribution is -2.55. The number of rotatable bonds is 5. The van der Waals surface area contributed by atoms with Crippen LogP contribution in [0.1, 0.15) is 17.5 Å². The third-order valence-corrected chi connectivity index (χ3v) is 6.44. The molecule has 3 rings (SSSR count). The number of furan rings is 1. The van der Waals surface area contributed by atoms with E-state index < -0.39 is 38.5 Å². The molecule has 1 fully saturated rings. The van der Waals surface area contributed by atoms with E-state index in [1.807, 2.05) is 0 Å². The summed E-state index contributed by atoms with van der Waals surface area (Å²) in [5, 5.41) is 2.51. The molecule has 1 aliphatic heterocycles. The minimum atomic E-state index is -4.23. The monoisotopic (exact) mass is 427 g/mol. The van der Waals surface area contributed by atoms with Gasteiger partial charge in [-0.2, -0.15) is 4.31 Å². The van der Waals surface area contributed by atoms with Crippen LogP contribution >= 0.6 is 0 Å². The largest absolute Gasteiger partial charge is 0.459 e. The summed E-state index contributed by atoms with van der Waals surface area (Å²) >= 11 is 0. The third kappa shape index (κ3) is 4.46. The normalized spacial score (nSPS) is 16.4. The van der Waals surface area contributed by atoms with Gasteiger partial charge in [0.05, 0.1) is 6.26 Å². The molecule has 1 aromatic carbocycles.